The molecule has 0 saturated heterocycles. The fraction of sp³-hybridized carbons (Fsp3) is 0.400. The molecule has 0 aromatic heterocycles. The van der Waals surface area contributed by atoms with E-state index in [4.69, 9.17) is 9.47 Å². The number of nitrogens with zero attached hydrogens (tertiary/aromatic N) is 2. The molecule has 0 heterocycles. The van der Waals surface area contributed by atoms with Gasteiger partial charge in [0.15, 0.2) is 11.6 Å². The van der Waals surface area contributed by atoms with Gasteiger partial charge in [0.25, 0.3) is 0 Å². The van der Waals surface area contributed by atoms with Crippen LogP contribution in [0.2, 0.25) is 0 Å². The Bertz CT molecular complexity index is 1200. The average molecular weight is 509 g/mol. The Kier molecular flexibility index (Phi) is 8.90. The normalized spacial score (nSPS) is 14.9. The van der Waals surface area contributed by atoms with E-state index >= 15 is 0 Å². The van der Waals surface area contributed by atoms with Gasteiger partial charge in [-0.2, -0.15) is 0 Å². The van der Waals surface area contributed by atoms with Gasteiger partial charge in [-0.3, -0.25) is 0 Å². The molecule has 0 radical (unpaired) electrons. The molecule has 37 heavy (non-hydrogen) atoms. The summed E-state index contributed by atoms with van der Waals surface area (Å²) in [4.78, 5) is 4.07. The third kappa shape index (κ3) is 6.73. The molecule has 7 heteroatoms. The van der Waals surface area contributed by atoms with Crippen LogP contribution in [0, 0.1) is 5.82 Å². The van der Waals surface area contributed by atoms with Gasteiger partial charge >= 0.3 is 0 Å². The number of aryl methyl sites for hydroxylation is 1. The van der Waals surface area contributed by atoms with E-state index in [0.717, 1.165) is 36.3 Å². The van der Waals surface area contributed by atoms with Gasteiger partial charge in [-0.25, -0.2) is 4.39 Å². The molecular weight excluding hydrogens is 471 g/mol. The minimum absolute atomic E-state index is 0.0301. The van der Waals surface area contributed by atoms with Crippen LogP contribution in [-0.4, -0.2) is 62.6 Å². The summed E-state index contributed by atoms with van der Waals surface area (Å²) in [6, 6.07) is 16.8. The highest BCUT2D eigenvalue weighted by Gasteiger charge is 2.25. The average Bonchev–Trinajstić information content (AvgIpc) is 2.89. The lowest BCUT2D eigenvalue weighted by atomic mass is 9.79. The number of benzene rings is 3. The van der Waals surface area contributed by atoms with E-state index in [2.05, 4.69) is 11.0 Å². The molecule has 0 saturated carbocycles. The molecule has 0 spiro atoms. The van der Waals surface area contributed by atoms with Gasteiger partial charge in [0.05, 0.1) is 13.7 Å². The number of aliphatic hydroxyl groups is 1. The number of hydrogen-bond acceptors (Lipinski definition) is 6. The van der Waals surface area contributed by atoms with Gasteiger partial charge in [0.2, 0.25) is 0 Å². The first kappa shape index (κ1) is 26.8. The lowest BCUT2D eigenvalue weighted by Crippen LogP contribution is -2.28. The van der Waals surface area contributed by atoms with Crippen molar-refractivity contribution in [2.75, 3.05) is 52.4 Å². The van der Waals surface area contributed by atoms with E-state index in [9.17, 15) is 14.6 Å². The Morgan fingerprint density at radius 3 is 2.57 bits per heavy atom. The summed E-state index contributed by atoms with van der Waals surface area (Å²) >= 11 is 0. The van der Waals surface area contributed by atoms with Crippen LogP contribution in [0.4, 0.5) is 10.1 Å². The highest BCUT2D eigenvalue weighted by molar-refractivity contribution is 5.60. The number of hydrogen-bond donors (Lipinski definition) is 2. The zero-order valence-corrected chi connectivity index (χ0v) is 21.9. The molecule has 2 N–H and O–H groups in total. The summed E-state index contributed by atoms with van der Waals surface area (Å²) in [5.74, 6) is 1.17. The van der Waals surface area contributed by atoms with Crippen LogP contribution in [0.25, 0.3) is 0 Å². The number of phenolic OH excluding ortho intramolecular Hbond substituents is 1. The molecule has 1 aliphatic carbocycles. The minimum Gasteiger partial charge on any atom is -0.508 e. The number of anilines is 1. The van der Waals surface area contributed by atoms with Gasteiger partial charge < -0.3 is 29.5 Å². The van der Waals surface area contributed by atoms with E-state index in [1.54, 1.807) is 19.2 Å². The smallest absolute Gasteiger partial charge is 0.165 e. The van der Waals surface area contributed by atoms with Gasteiger partial charge in [-0.1, -0.05) is 18.2 Å². The van der Waals surface area contributed by atoms with Crippen LogP contribution >= 0.6 is 0 Å². The lowest BCUT2D eigenvalue weighted by molar-refractivity contribution is 0.252. The highest BCUT2D eigenvalue weighted by atomic mass is 19.1. The van der Waals surface area contributed by atoms with Crippen LogP contribution in [0.1, 0.15) is 34.6 Å². The van der Waals surface area contributed by atoms with Crippen LogP contribution in [0.5, 0.6) is 17.2 Å². The number of halogens is 1. The molecule has 6 nitrogen and oxygen atoms in total. The van der Waals surface area contributed by atoms with Crippen LogP contribution in [0.3, 0.4) is 0 Å². The molecule has 198 valence electrons. The number of methoxy groups -OCH3 is 1. The summed E-state index contributed by atoms with van der Waals surface area (Å²) in [7, 11) is 5.54. The van der Waals surface area contributed by atoms with E-state index in [0.29, 0.717) is 32.0 Å². The second-order valence-corrected chi connectivity index (χ2v) is 9.88. The molecule has 0 fully saturated rings. The molecule has 3 aromatic rings. The Hall–Kier alpha value is -3.29. The predicted molar refractivity (Wildman–Crippen MR) is 144 cm³/mol. The minimum atomic E-state index is -0.391. The van der Waals surface area contributed by atoms with E-state index in [1.807, 2.05) is 49.3 Å². The number of likely N-dealkylation sites (N-methyl/N-ethyl adjacent to an activating group) is 1. The molecule has 1 unspecified atom stereocenters. The molecule has 0 aliphatic heterocycles. The summed E-state index contributed by atoms with van der Waals surface area (Å²) in [6.45, 7) is 1.93. The second-order valence-electron chi connectivity index (χ2n) is 9.88. The summed E-state index contributed by atoms with van der Waals surface area (Å²) < 4.78 is 26.0. The van der Waals surface area contributed by atoms with Crippen molar-refractivity contribution in [1.29, 1.82) is 0 Å². The zero-order chi connectivity index (χ0) is 26.4. The first-order valence-corrected chi connectivity index (χ1v) is 12.8. The maximum Gasteiger partial charge on any atom is 0.165 e. The third-order valence-corrected chi connectivity index (χ3v) is 6.97. The Morgan fingerprint density at radius 1 is 1.00 bits per heavy atom. The monoisotopic (exact) mass is 508 g/mol. The standard InChI is InChI=1S/C30H37FN2O4/c1-32(2)13-15-37-30-11-4-21(16-28(30)31)20-33(12-14-34)29-19-26(36-3)9-10-27(29)24-6-5-23-18-25(35)8-7-22(23)17-24/h4,7-11,16,18-19,24,34-35H,5-6,12-15,17,20H2,1-3H3. The largest absolute Gasteiger partial charge is 0.508 e. The van der Waals surface area contributed by atoms with Crippen LogP contribution < -0.4 is 14.4 Å². The van der Waals surface area contributed by atoms with Crippen molar-refractivity contribution in [3.63, 3.8) is 0 Å². The number of phenols is 1. The first-order chi connectivity index (χ1) is 17.9. The SMILES string of the molecule is COc1ccc(C2CCc3cc(O)ccc3C2)c(N(CCO)Cc2ccc(OCCN(C)C)c(F)c2)c1. The molecule has 0 bridgehead atoms. The molecular formula is C30H37FN2O4. The van der Waals surface area contributed by atoms with Gasteiger partial charge in [-0.05, 0) is 91.9 Å². The Balaban J connectivity index is 1.59. The summed E-state index contributed by atoms with van der Waals surface area (Å²) in [5, 5.41) is 19.8. The number of rotatable bonds is 11. The van der Waals surface area contributed by atoms with Crippen molar-refractivity contribution >= 4 is 5.69 Å². The Labute approximate surface area is 218 Å². The van der Waals surface area contributed by atoms with E-state index < -0.39 is 5.82 Å². The highest BCUT2D eigenvalue weighted by Crippen LogP contribution is 2.40. The van der Waals surface area contributed by atoms with Gasteiger partial charge in [0, 0.05) is 31.4 Å². The van der Waals surface area contributed by atoms with Crippen molar-refractivity contribution in [3.05, 3.63) is 82.7 Å². The molecule has 3 aromatic carbocycles. The molecule has 4 rings (SSSR count). The van der Waals surface area contributed by atoms with Gasteiger partial charge in [-0.15, -0.1) is 0 Å². The van der Waals surface area contributed by atoms with Crippen molar-refractivity contribution in [2.24, 2.45) is 0 Å². The zero-order valence-electron chi connectivity index (χ0n) is 21.9. The summed E-state index contributed by atoms with van der Waals surface area (Å²) in [6.07, 6.45) is 2.71. The number of aliphatic hydroxyl groups excluding tert-OH is 1. The first-order valence-electron chi connectivity index (χ1n) is 12.8. The van der Waals surface area contributed by atoms with Crippen molar-refractivity contribution in [1.82, 2.24) is 4.90 Å². The number of ether oxygens (including phenoxy) is 2. The van der Waals surface area contributed by atoms with Crippen molar-refractivity contribution in [2.45, 2.75) is 31.7 Å². The Morgan fingerprint density at radius 2 is 1.84 bits per heavy atom. The fourth-order valence-electron chi connectivity index (χ4n) is 5.00. The maximum atomic E-state index is 14.8. The van der Waals surface area contributed by atoms with E-state index in [1.165, 1.54) is 22.8 Å². The third-order valence-electron chi connectivity index (χ3n) is 6.97. The molecule has 0 amide bonds. The fourth-order valence-corrected chi connectivity index (χ4v) is 5.00. The second kappa shape index (κ2) is 12.3. The number of aromatic hydroxyl groups is 1. The van der Waals surface area contributed by atoms with Crippen LogP contribution in [0.15, 0.2) is 54.6 Å². The quantitative estimate of drug-likeness (QED) is 0.390. The molecule has 1 atom stereocenters. The van der Waals surface area contributed by atoms with Crippen molar-refractivity contribution < 1.29 is 24.1 Å². The topological polar surface area (TPSA) is 65.4 Å². The van der Waals surface area contributed by atoms with Crippen molar-refractivity contribution in [3.8, 4) is 17.2 Å². The van der Waals surface area contributed by atoms with Gasteiger partial charge in [0.1, 0.15) is 18.1 Å². The molecule has 1 aliphatic rings. The lowest BCUT2D eigenvalue weighted by Gasteiger charge is -2.32. The number of fused-ring (bicyclic) bond motifs is 1. The van der Waals surface area contributed by atoms with Crippen LogP contribution in [-0.2, 0) is 19.4 Å². The maximum absolute atomic E-state index is 14.8. The van der Waals surface area contributed by atoms with E-state index in [-0.39, 0.29) is 18.3 Å². The predicted octanol–water partition coefficient (Wildman–Crippen LogP) is 4.75. The summed E-state index contributed by atoms with van der Waals surface area (Å²) in [5.41, 5.74) is 5.40.